The topological polar surface area (TPSA) is 74.6 Å². The van der Waals surface area contributed by atoms with Crippen LogP contribution in [0.15, 0.2) is 41.0 Å². The van der Waals surface area contributed by atoms with Crippen molar-refractivity contribution in [2.45, 2.75) is 32.2 Å². The van der Waals surface area contributed by atoms with Crippen LogP contribution in [0.25, 0.3) is 0 Å². The molecule has 0 aliphatic carbocycles. The predicted molar refractivity (Wildman–Crippen MR) is 102 cm³/mol. The van der Waals surface area contributed by atoms with Crippen LogP contribution < -0.4 is 10.6 Å². The van der Waals surface area contributed by atoms with Gasteiger partial charge in [-0.2, -0.15) is 0 Å². The summed E-state index contributed by atoms with van der Waals surface area (Å²) in [6.07, 6.45) is 4.68. The molecule has 1 atom stereocenters. The molecular formula is C19H22ClN3O3. The second-order valence-electron chi connectivity index (χ2n) is 6.41. The van der Waals surface area contributed by atoms with Gasteiger partial charge in [0, 0.05) is 17.6 Å². The number of nitrogens with one attached hydrogen (secondary N) is 2. The maximum atomic E-state index is 12.5. The number of anilines is 2. The fraction of sp³-hybridized carbons (Fsp3) is 0.368. The van der Waals surface area contributed by atoms with Gasteiger partial charge in [0.2, 0.25) is 5.91 Å². The molecule has 2 amide bonds. The van der Waals surface area contributed by atoms with Crippen LogP contribution in [0.5, 0.6) is 0 Å². The Labute approximate surface area is 157 Å². The van der Waals surface area contributed by atoms with Gasteiger partial charge in [0.05, 0.1) is 24.2 Å². The predicted octanol–water partition coefficient (Wildman–Crippen LogP) is 4.00. The second-order valence-corrected chi connectivity index (χ2v) is 6.84. The number of likely N-dealkylation sites (tertiary alicyclic amines) is 1. The Morgan fingerprint density at radius 1 is 1.27 bits per heavy atom. The van der Waals surface area contributed by atoms with E-state index < -0.39 is 0 Å². The lowest BCUT2D eigenvalue weighted by Gasteiger charge is -2.33. The summed E-state index contributed by atoms with van der Waals surface area (Å²) >= 11 is 6.05. The maximum absolute atomic E-state index is 12.5. The van der Waals surface area contributed by atoms with E-state index in [0.717, 1.165) is 19.4 Å². The van der Waals surface area contributed by atoms with E-state index in [9.17, 15) is 9.59 Å². The molecule has 1 aromatic carbocycles. The van der Waals surface area contributed by atoms with E-state index in [1.165, 1.54) is 12.7 Å². The number of nitrogens with zero attached hydrogens (tertiary/aromatic N) is 1. The van der Waals surface area contributed by atoms with Crippen molar-refractivity contribution >= 4 is 34.8 Å². The summed E-state index contributed by atoms with van der Waals surface area (Å²) in [5, 5.41) is 6.36. The molecule has 0 spiro atoms. The number of furan rings is 1. The molecule has 1 saturated heterocycles. The molecule has 3 rings (SSSR count). The van der Waals surface area contributed by atoms with Crippen LogP contribution in [0.4, 0.5) is 11.4 Å². The van der Waals surface area contributed by atoms with Crippen LogP contribution in [-0.4, -0.2) is 35.8 Å². The minimum Gasteiger partial charge on any atom is -0.459 e. The quantitative estimate of drug-likeness (QED) is 0.828. The number of carbonyl (C=O) groups is 2. The van der Waals surface area contributed by atoms with Gasteiger partial charge in [0.25, 0.3) is 5.91 Å². The normalized spacial score (nSPS) is 17.0. The van der Waals surface area contributed by atoms with E-state index in [2.05, 4.69) is 17.6 Å². The fourth-order valence-corrected chi connectivity index (χ4v) is 3.28. The Morgan fingerprint density at radius 2 is 2.12 bits per heavy atom. The van der Waals surface area contributed by atoms with Crippen molar-refractivity contribution in [1.82, 2.24) is 4.90 Å². The largest absolute Gasteiger partial charge is 0.459 e. The maximum Gasteiger partial charge on any atom is 0.291 e. The summed E-state index contributed by atoms with van der Waals surface area (Å²) < 4.78 is 5.10. The van der Waals surface area contributed by atoms with E-state index in [1.807, 2.05) is 4.90 Å². The summed E-state index contributed by atoms with van der Waals surface area (Å²) in [6.45, 7) is 3.04. The summed E-state index contributed by atoms with van der Waals surface area (Å²) in [7, 11) is 0. The first-order valence-electron chi connectivity index (χ1n) is 8.72. The van der Waals surface area contributed by atoms with Gasteiger partial charge in [0.15, 0.2) is 5.76 Å². The molecule has 1 fully saturated rings. The zero-order valence-electron chi connectivity index (χ0n) is 14.6. The van der Waals surface area contributed by atoms with Crippen molar-refractivity contribution in [1.29, 1.82) is 0 Å². The Kier molecular flexibility index (Phi) is 5.83. The third-order valence-electron chi connectivity index (χ3n) is 4.53. The molecule has 0 saturated carbocycles. The van der Waals surface area contributed by atoms with Crippen molar-refractivity contribution in [3.63, 3.8) is 0 Å². The zero-order chi connectivity index (χ0) is 18.5. The Bertz CT molecular complexity index is 776. The molecule has 138 valence electrons. The number of rotatable bonds is 5. The van der Waals surface area contributed by atoms with Gasteiger partial charge in [-0.3, -0.25) is 9.59 Å². The second kappa shape index (κ2) is 8.27. The molecule has 2 aromatic rings. The van der Waals surface area contributed by atoms with Gasteiger partial charge in [-0.05, 0) is 56.5 Å². The zero-order valence-corrected chi connectivity index (χ0v) is 15.4. The Hall–Kier alpha value is -2.47. The van der Waals surface area contributed by atoms with E-state index >= 15 is 0 Å². The lowest BCUT2D eigenvalue weighted by molar-refractivity contribution is -0.132. The first-order chi connectivity index (χ1) is 12.5. The average Bonchev–Trinajstić information content (AvgIpc) is 3.16. The highest BCUT2D eigenvalue weighted by atomic mass is 35.5. The van der Waals surface area contributed by atoms with Gasteiger partial charge >= 0.3 is 0 Å². The summed E-state index contributed by atoms with van der Waals surface area (Å²) in [5.41, 5.74) is 1.13. The van der Waals surface area contributed by atoms with E-state index in [-0.39, 0.29) is 30.2 Å². The highest BCUT2D eigenvalue weighted by molar-refractivity contribution is 6.31. The van der Waals surface area contributed by atoms with Crippen LogP contribution in [0.2, 0.25) is 5.02 Å². The van der Waals surface area contributed by atoms with Gasteiger partial charge in [-0.25, -0.2) is 0 Å². The lowest BCUT2D eigenvalue weighted by atomic mass is 10.0. The minimum absolute atomic E-state index is 0.0514. The van der Waals surface area contributed by atoms with Crippen LogP contribution in [0.3, 0.4) is 0 Å². The van der Waals surface area contributed by atoms with Gasteiger partial charge in [-0.15, -0.1) is 0 Å². The Morgan fingerprint density at radius 3 is 2.85 bits per heavy atom. The molecule has 2 heterocycles. The molecule has 26 heavy (non-hydrogen) atoms. The average molecular weight is 376 g/mol. The van der Waals surface area contributed by atoms with Gasteiger partial charge in [-0.1, -0.05) is 11.6 Å². The lowest BCUT2D eigenvalue weighted by Crippen LogP contribution is -2.44. The number of carbonyl (C=O) groups excluding carboxylic acids is 2. The monoisotopic (exact) mass is 375 g/mol. The summed E-state index contributed by atoms with van der Waals surface area (Å²) in [6, 6.07) is 8.58. The molecular weight excluding hydrogens is 354 g/mol. The molecule has 0 bridgehead atoms. The highest BCUT2D eigenvalue weighted by Gasteiger charge is 2.23. The number of hydrogen-bond acceptors (Lipinski definition) is 4. The van der Waals surface area contributed by atoms with Crippen molar-refractivity contribution in [3.05, 3.63) is 47.4 Å². The molecule has 7 heteroatoms. The smallest absolute Gasteiger partial charge is 0.291 e. The van der Waals surface area contributed by atoms with Crippen LogP contribution in [0, 0.1) is 0 Å². The Balaban J connectivity index is 1.67. The van der Waals surface area contributed by atoms with Gasteiger partial charge in [0.1, 0.15) is 0 Å². The van der Waals surface area contributed by atoms with Crippen molar-refractivity contribution in [2.75, 3.05) is 23.7 Å². The summed E-state index contributed by atoms with van der Waals surface area (Å²) in [5.74, 6) is -0.124. The first kappa shape index (κ1) is 18.3. The molecule has 2 N–H and O–H groups in total. The molecule has 1 aliphatic heterocycles. The number of benzene rings is 1. The third kappa shape index (κ3) is 4.38. The number of hydrogen-bond donors (Lipinski definition) is 2. The molecule has 0 radical (unpaired) electrons. The molecule has 1 unspecified atom stereocenters. The van der Waals surface area contributed by atoms with E-state index in [1.54, 1.807) is 30.3 Å². The van der Waals surface area contributed by atoms with Crippen LogP contribution in [0.1, 0.15) is 36.7 Å². The van der Waals surface area contributed by atoms with Crippen molar-refractivity contribution in [2.24, 2.45) is 0 Å². The molecule has 1 aliphatic rings. The van der Waals surface area contributed by atoms with E-state index in [0.29, 0.717) is 16.4 Å². The standard InChI is InChI=1S/C19H22ClN3O3/c1-13-5-2-3-9-23(13)18(24)12-21-15-8-7-14(20)11-16(15)22-19(25)17-6-4-10-26-17/h4,6-8,10-11,13,21H,2-3,5,9,12H2,1H3,(H,22,25). The van der Waals surface area contributed by atoms with Crippen LogP contribution >= 0.6 is 11.6 Å². The van der Waals surface area contributed by atoms with Crippen molar-refractivity contribution in [3.8, 4) is 0 Å². The van der Waals surface area contributed by atoms with Gasteiger partial charge < -0.3 is 20.0 Å². The first-order valence-corrected chi connectivity index (χ1v) is 9.10. The number of piperidine rings is 1. The third-order valence-corrected chi connectivity index (χ3v) is 4.76. The fourth-order valence-electron chi connectivity index (χ4n) is 3.11. The SMILES string of the molecule is CC1CCCCN1C(=O)CNc1ccc(Cl)cc1NC(=O)c1ccco1. The van der Waals surface area contributed by atoms with E-state index in [4.69, 9.17) is 16.0 Å². The number of halogens is 1. The number of amides is 2. The highest BCUT2D eigenvalue weighted by Crippen LogP contribution is 2.26. The minimum atomic E-state index is -0.378. The van der Waals surface area contributed by atoms with Crippen molar-refractivity contribution < 1.29 is 14.0 Å². The molecule has 1 aromatic heterocycles. The van der Waals surface area contributed by atoms with Crippen LogP contribution in [-0.2, 0) is 4.79 Å². The summed E-state index contributed by atoms with van der Waals surface area (Å²) in [4.78, 5) is 26.6. The molecule has 6 nitrogen and oxygen atoms in total.